The van der Waals surface area contributed by atoms with Gasteiger partial charge in [0.15, 0.2) is 0 Å². The second-order valence-electron chi connectivity index (χ2n) is 3.20. The van der Waals surface area contributed by atoms with Crippen molar-refractivity contribution in [2.24, 2.45) is 0 Å². The lowest BCUT2D eigenvalue weighted by molar-refractivity contribution is -0.142. The Labute approximate surface area is 104 Å². The van der Waals surface area contributed by atoms with Crippen molar-refractivity contribution in [2.75, 3.05) is 6.61 Å². The minimum Gasteiger partial charge on any atom is -0.466 e. The molecule has 1 rings (SSSR count). The first-order valence-corrected chi connectivity index (χ1v) is 5.34. The van der Waals surface area contributed by atoms with Crippen molar-refractivity contribution >= 4 is 23.9 Å². The minimum absolute atomic E-state index is 0.134. The molecule has 0 atom stereocenters. The van der Waals surface area contributed by atoms with E-state index < -0.39 is 5.97 Å². The van der Waals surface area contributed by atoms with Crippen molar-refractivity contribution in [1.29, 1.82) is 5.26 Å². The number of nitrogens with zero attached hydrogens (tertiary/aromatic N) is 1. The Bertz CT molecular complexity index is 491. The molecule has 0 heterocycles. The van der Waals surface area contributed by atoms with Gasteiger partial charge in [-0.3, -0.25) is 9.59 Å². The summed E-state index contributed by atoms with van der Waals surface area (Å²) < 4.78 is 4.78. The average Bonchev–Trinajstić information content (AvgIpc) is 2.30. The van der Waals surface area contributed by atoms with Crippen LogP contribution in [0, 0.1) is 11.3 Å². The number of nitriles is 1. The molecule has 0 N–H and O–H groups in total. The molecule has 1 aromatic carbocycles. The van der Waals surface area contributed by atoms with E-state index in [2.05, 4.69) is 0 Å². The molecule has 88 valence electrons. The summed E-state index contributed by atoms with van der Waals surface area (Å²) in [5.74, 6) is -0.491. The van der Waals surface area contributed by atoms with Crippen molar-refractivity contribution in [2.45, 2.75) is 13.3 Å². The van der Waals surface area contributed by atoms with Gasteiger partial charge in [0.2, 0.25) is 0 Å². The van der Waals surface area contributed by atoms with Gasteiger partial charge in [-0.2, -0.15) is 5.26 Å². The van der Waals surface area contributed by atoms with Crippen molar-refractivity contribution in [3.05, 3.63) is 33.8 Å². The van der Waals surface area contributed by atoms with Crippen molar-refractivity contribution in [1.82, 2.24) is 0 Å². The molecule has 0 saturated heterocycles. The Morgan fingerprint density at radius 2 is 2.29 bits per heavy atom. The average molecular weight is 252 g/mol. The van der Waals surface area contributed by atoms with Crippen LogP contribution in [0.5, 0.6) is 0 Å². The third-order valence-corrected chi connectivity index (χ3v) is 2.48. The molecule has 0 aliphatic carbocycles. The van der Waals surface area contributed by atoms with Crippen LogP contribution in [0.2, 0.25) is 5.02 Å². The summed E-state index contributed by atoms with van der Waals surface area (Å²) in [6, 6.07) is 4.82. The lowest BCUT2D eigenvalue weighted by atomic mass is 9.99. The van der Waals surface area contributed by atoms with Crippen molar-refractivity contribution in [3.8, 4) is 6.07 Å². The number of esters is 1. The lowest BCUT2D eigenvalue weighted by Crippen LogP contribution is -2.11. The highest BCUT2D eigenvalue weighted by molar-refractivity contribution is 6.32. The number of aldehydes is 1. The molecule has 0 amide bonds. The highest BCUT2D eigenvalue weighted by Crippen LogP contribution is 2.22. The zero-order valence-corrected chi connectivity index (χ0v) is 9.95. The number of hydrogen-bond donors (Lipinski definition) is 0. The number of carbonyl (C=O) groups is 2. The Morgan fingerprint density at radius 3 is 2.82 bits per heavy atom. The van der Waals surface area contributed by atoms with E-state index in [0.29, 0.717) is 11.8 Å². The lowest BCUT2D eigenvalue weighted by Gasteiger charge is -2.08. The summed E-state index contributed by atoms with van der Waals surface area (Å²) in [7, 11) is 0. The molecule has 5 heteroatoms. The first-order valence-electron chi connectivity index (χ1n) is 4.96. The van der Waals surface area contributed by atoms with Crippen LogP contribution < -0.4 is 0 Å². The van der Waals surface area contributed by atoms with E-state index in [1.807, 2.05) is 6.07 Å². The van der Waals surface area contributed by atoms with E-state index >= 15 is 0 Å². The Hall–Kier alpha value is -1.86. The van der Waals surface area contributed by atoms with Crippen LogP contribution in [-0.4, -0.2) is 18.9 Å². The Balaban J connectivity index is 3.19. The summed E-state index contributed by atoms with van der Waals surface area (Å²) in [6.07, 6.45) is 0.455. The monoisotopic (exact) mass is 251 g/mol. The fraction of sp³-hybridized carbons (Fsp3) is 0.250. The fourth-order valence-electron chi connectivity index (χ4n) is 1.41. The number of benzene rings is 1. The van der Waals surface area contributed by atoms with Crippen LogP contribution in [0.3, 0.4) is 0 Å². The number of ether oxygens (including phenoxy) is 1. The van der Waals surface area contributed by atoms with Gasteiger partial charge in [0.05, 0.1) is 23.6 Å². The molecular weight excluding hydrogens is 242 g/mol. The fourth-order valence-corrected chi connectivity index (χ4v) is 1.63. The van der Waals surface area contributed by atoms with E-state index in [-0.39, 0.29) is 29.2 Å². The summed E-state index contributed by atoms with van der Waals surface area (Å²) in [5, 5.41) is 9.18. The molecule has 0 aromatic heterocycles. The van der Waals surface area contributed by atoms with Gasteiger partial charge in [-0.05, 0) is 24.6 Å². The van der Waals surface area contributed by atoms with Gasteiger partial charge >= 0.3 is 5.97 Å². The van der Waals surface area contributed by atoms with Crippen molar-refractivity contribution < 1.29 is 14.3 Å². The molecule has 0 spiro atoms. The maximum Gasteiger partial charge on any atom is 0.310 e. The molecule has 17 heavy (non-hydrogen) atoms. The molecule has 4 nitrogen and oxygen atoms in total. The minimum atomic E-state index is -0.491. The molecule has 0 aliphatic rings. The van der Waals surface area contributed by atoms with Gasteiger partial charge in [0.25, 0.3) is 0 Å². The highest BCUT2D eigenvalue weighted by atomic mass is 35.5. The number of carbonyl (C=O) groups excluding carboxylic acids is 2. The van der Waals surface area contributed by atoms with Gasteiger partial charge in [0.1, 0.15) is 12.4 Å². The SMILES string of the molecule is CCOC(=O)Cc1c(C=O)ccc(Cl)c1C#N. The first-order chi connectivity index (χ1) is 8.13. The summed E-state index contributed by atoms with van der Waals surface area (Å²) in [4.78, 5) is 22.2. The van der Waals surface area contributed by atoms with E-state index in [4.69, 9.17) is 21.6 Å². The van der Waals surface area contributed by atoms with Gasteiger partial charge in [0, 0.05) is 5.56 Å². The molecule has 0 unspecified atom stereocenters. The van der Waals surface area contributed by atoms with E-state index in [1.165, 1.54) is 12.1 Å². The molecule has 0 radical (unpaired) electrons. The van der Waals surface area contributed by atoms with E-state index in [0.717, 1.165) is 0 Å². The van der Waals surface area contributed by atoms with Crippen LogP contribution in [0.25, 0.3) is 0 Å². The maximum atomic E-state index is 11.4. The van der Waals surface area contributed by atoms with Crippen LogP contribution in [0.4, 0.5) is 0 Å². The van der Waals surface area contributed by atoms with Crippen LogP contribution in [0.1, 0.15) is 28.4 Å². The van der Waals surface area contributed by atoms with Crippen molar-refractivity contribution in [3.63, 3.8) is 0 Å². The predicted octanol–water partition coefficient (Wildman–Crippen LogP) is 2.13. The molecule has 0 bridgehead atoms. The van der Waals surface area contributed by atoms with Gasteiger partial charge in [-0.25, -0.2) is 0 Å². The van der Waals surface area contributed by atoms with E-state index in [1.54, 1.807) is 6.92 Å². The maximum absolute atomic E-state index is 11.4. The van der Waals surface area contributed by atoms with Gasteiger partial charge < -0.3 is 4.74 Å². The topological polar surface area (TPSA) is 67.2 Å². The van der Waals surface area contributed by atoms with Gasteiger partial charge in [-0.15, -0.1) is 0 Å². The van der Waals surface area contributed by atoms with Gasteiger partial charge in [-0.1, -0.05) is 11.6 Å². The third-order valence-electron chi connectivity index (χ3n) is 2.16. The third kappa shape index (κ3) is 3.05. The Morgan fingerprint density at radius 1 is 1.59 bits per heavy atom. The molecule has 1 aromatic rings. The molecular formula is C12H10ClNO3. The quantitative estimate of drug-likeness (QED) is 0.607. The normalized spacial score (nSPS) is 9.47. The molecule has 0 aliphatic heterocycles. The number of rotatable bonds is 4. The predicted molar refractivity (Wildman–Crippen MR) is 61.9 cm³/mol. The summed E-state index contributed by atoms with van der Waals surface area (Å²) in [6.45, 7) is 1.93. The second kappa shape index (κ2) is 6.02. The zero-order chi connectivity index (χ0) is 12.8. The molecule has 0 saturated carbocycles. The zero-order valence-electron chi connectivity index (χ0n) is 9.20. The highest BCUT2D eigenvalue weighted by Gasteiger charge is 2.15. The Kier molecular flexibility index (Phi) is 4.68. The largest absolute Gasteiger partial charge is 0.466 e. The standard InChI is InChI=1S/C12H10ClNO3/c1-2-17-12(16)5-9-8(7-15)3-4-11(13)10(9)6-14/h3-4,7H,2,5H2,1H3. The summed E-state index contributed by atoms with van der Waals surface area (Å²) in [5.41, 5.74) is 0.733. The van der Waals surface area contributed by atoms with Crippen LogP contribution >= 0.6 is 11.6 Å². The smallest absolute Gasteiger partial charge is 0.310 e. The number of hydrogen-bond acceptors (Lipinski definition) is 4. The summed E-state index contributed by atoms with van der Waals surface area (Å²) >= 11 is 5.83. The van der Waals surface area contributed by atoms with Crippen LogP contribution in [0.15, 0.2) is 12.1 Å². The number of halogens is 1. The van der Waals surface area contributed by atoms with Crippen LogP contribution in [-0.2, 0) is 16.0 Å². The molecule has 0 fully saturated rings. The second-order valence-corrected chi connectivity index (χ2v) is 3.61. The van der Waals surface area contributed by atoms with E-state index in [9.17, 15) is 9.59 Å². The first kappa shape index (κ1) is 13.2.